The van der Waals surface area contributed by atoms with Crippen molar-refractivity contribution in [2.75, 3.05) is 0 Å². The number of H-pyrrole nitrogens is 1. The highest BCUT2D eigenvalue weighted by Crippen LogP contribution is 2.34. The van der Waals surface area contributed by atoms with E-state index in [4.69, 9.17) is 18.0 Å². The zero-order chi connectivity index (χ0) is 15.4. The van der Waals surface area contributed by atoms with E-state index in [0.717, 1.165) is 36.1 Å². The lowest BCUT2D eigenvalue weighted by molar-refractivity contribution is -0.125. The van der Waals surface area contributed by atoms with Crippen molar-refractivity contribution in [2.24, 2.45) is 5.73 Å². The van der Waals surface area contributed by atoms with Crippen LogP contribution in [0.25, 0.3) is 10.2 Å². The van der Waals surface area contributed by atoms with Gasteiger partial charge in [0.1, 0.15) is 10.4 Å². The van der Waals surface area contributed by atoms with E-state index in [1.165, 1.54) is 9.44 Å². The first-order chi connectivity index (χ1) is 9.84. The molecule has 2 aromatic heterocycles. The van der Waals surface area contributed by atoms with Gasteiger partial charge in [0, 0.05) is 4.88 Å². The third-order valence-corrected chi connectivity index (χ3v) is 5.67. The molecule has 0 bridgehead atoms. The van der Waals surface area contributed by atoms with Gasteiger partial charge >= 0.3 is 0 Å². The zero-order valence-electron chi connectivity index (χ0n) is 12.0. The molecule has 21 heavy (non-hydrogen) atoms. The quantitative estimate of drug-likeness (QED) is 0.832. The van der Waals surface area contributed by atoms with Crippen LogP contribution >= 0.6 is 23.6 Å². The minimum Gasteiger partial charge on any atom is -0.368 e. The van der Waals surface area contributed by atoms with E-state index >= 15 is 0 Å². The summed E-state index contributed by atoms with van der Waals surface area (Å²) in [6, 6.07) is 0. The maximum Gasteiger partial charge on any atom is 0.264 e. The van der Waals surface area contributed by atoms with Crippen molar-refractivity contribution in [2.45, 2.75) is 45.1 Å². The summed E-state index contributed by atoms with van der Waals surface area (Å²) in [5, 5.41) is 0.678. The first-order valence-corrected chi connectivity index (χ1v) is 8.16. The van der Waals surface area contributed by atoms with Crippen molar-refractivity contribution in [3.63, 3.8) is 0 Å². The van der Waals surface area contributed by atoms with Gasteiger partial charge in [0.05, 0.1) is 5.39 Å². The molecule has 1 aliphatic rings. The summed E-state index contributed by atoms with van der Waals surface area (Å²) < 4.78 is 1.56. The lowest BCUT2D eigenvalue weighted by Crippen LogP contribution is -2.47. The molecule has 2 aromatic rings. The number of carbonyl (C=O) groups excluding carboxylic acids is 1. The summed E-state index contributed by atoms with van der Waals surface area (Å²) in [5.74, 6) is -0.576. The molecule has 0 spiro atoms. The van der Waals surface area contributed by atoms with Gasteiger partial charge in [-0.15, -0.1) is 11.3 Å². The van der Waals surface area contributed by atoms with Crippen molar-refractivity contribution in [1.29, 1.82) is 0 Å². The van der Waals surface area contributed by atoms with Gasteiger partial charge in [0.15, 0.2) is 4.77 Å². The third kappa shape index (κ3) is 2.06. The molecule has 0 unspecified atom stereocenters. The Bertz CT molecular complexity index is 857. The third-order valence-electron chi connectivity index (χ3n) is 4.17. The Morgan fingerprint density at radius 2 is 2.05 bits per heavy atom. The molecule has 5 nitrogen and oxygen atoms in total. The summed E-state index contributed by atoms with van der Waals surface area (Å²) in [6.45, 7) is 3.23. The monoisotopic (exact) mass is 323 g/mol. The Balaban J connectivity index is 2.41. The Labute approximate surface area is 130 Å². The number of amides is 1. The Hall–Kier alpha value is -1.47. The van der Waals surface area contributed by atoms with Gasteiger partial charge in [0.2, 0.25) is 5.91 Å². The number of nitrogens with one attached hydrogen (secondary N) is 1. The standard InChI is InChI=1S/C14H17N3O2S2/c1-14(2,12(15)19)17-11(18)9-7-5-3-4-6-8(7)21-10(9)16-13(17)20/h3-6H2,1-2H3,(H2,15,19)(H,16,20). The summed E-state index contributed by atoms with van der Waals surface area (Å²) in [7, 11) is 0. The minimum absolute atomic E-state index is 0.211. The van der Waals surface area contributed by atoms with Gasteiger partial charge in [0.25, 0.3) is 5.56 Å². The number of fused-ring (bicyclic) bond motifs is 3. The van der Waals surface area contributed by atoms with Gasteiger partial charge in [-0.2, -0.15) is 0 Å². The average molecular weight is 323 g/mol. The molecule has 1 amide bonds. The predicted molar refractivity (Wildman–Crippen MR) is 86.4 cm³/mol. The molecule has 7 heteroatoms. The van der Waals surface area contributed by atoms with E-state index in [2.05, 4.69) is 4.98 Å². The molecule has 112 valence electrons. The average Bonchev–Trinajstić information content (AvgIpc) is 2.75. The fraction of sp³-hybridized carbons (Fsp3) is 0.500. The molecule has 3 N–H and O–H groups in total. The van der Waals surface area contributed by atoms with Gasteiger partial charge < -0.3 is 10.7 Å². The van der Waals surface area contributed by atoms with Crippen LogP contribution in [0.3, 0.4) is 0 Å². The number of thiophene rings is 1. The molecular formula is C14H17N3O2S2. The minimum atomic E-state index is -1.15. The highest BCUT2D eigenvalue weighted by molar-refractivity contribution is 7.71. The van der Waals surface area contributed by atoms with Crippen LogP contribution in [0.4, 0.5) is 0 Å². The fourth-order valence-corrected chi connectivity index (χ4v) is 4.61. The number of rotatable bonds is 2. The van der Waals surface area contributed by atoms with Crippen LogP contribution < -0.4 is 11.3 Å². The summed E-state index contributed by atoms with van der Waals surface area (Å²) in [6.07, 6.45) is 4.16. The van der Waals surface area contributed by atoms with Crippen LogP contribution in [0, 0.1) is 4.77 Å². The van der Waals surface area contributed by atoms with E-state index in [1.807, 2.05) is 0 Å². The topological polar surface area (TPSA) is 80.9 Å². The number of nitrogens with two attached hydrogens (primary N) is 1. The smallest absolute Gasteiger partial charge is 0.264 e. The number of aryl methyl sites for hydroxylation is 2. The van der Waals surface area contributed by atoms with E-state index in [9.17, 15) is 9.59 Å². The molecule has 0 saturated carbocycles. The fourth-order valence-electron chi connectivity index (χ4n) is 2.86. The second kappa shape index (κ2) is 4.78. The van der Waals surface area contributed by atoms with Crippen molar-refractivity contribution in [3.05, 3.63) is 25.6 Å². The highest BCUT2D eigenvalue weighted by atomic mass is 32.1. The lowest BCUT2D eigenvalue weighted by Gasteiger charge is -2.23. The number of hydrogen-bond donors (Lipinski definition) is 2. The van der Waals surface area contributed by atoms with Crippen molar-refractivity contribution >= 4 is 39.7 Å². The molecule has 0 fully saturated rings. The zero-order valence-corrected chi connectivity index (χ0v) is 13.6. The van der Waals surface area contributed by atoms with Gasteiger partial charge in [-0.25, -0.2) is 0 Å². The second-order valence-corrected chi connectivity index (χ2v) is 7.40. The molecule has 0 aromatic carbocycles. The molecule has 1 aliphatic carbocycles. The molecule has 0 saturated heterocycles. The van der Waals surface area contributed by atoms with E-state index in [0.29, 0.717) is 5.39 Å². The molecule has 0 radical (unpaired) electrons. The Morgan fingerprint density at radius 1 is 1.38 bits per heavy atom. The van der Waals surface area contributed by atoms with Crippen LogP contribution in [-0.4, -0.2) is 15.5 Å². The van der Waals surface area contributed by atoms with Crippen molar-refractivity contribution in [3.8, 4) is 0 Å². The van der Waals surface area contributed by atoms with Gasteiger partial charge in [-0.05, 0) is 57.3 Å². The number of nitrogens with zero attached hydrogens (tertiary/aromatic N) is 1. The largest absolute Gasteiger partial charge is 0.368 e. The Morgan fingerprint density at radius 3 is 2.71 bits per heavy atom. The van der Waals surface area contributed by atoms with Gasteiger partial charge in [-0.1, -0.05) is 0 Å². The lowest BCUT2D eigenvalue weighted by atomic mass is 9.97. The first-order valence-electron chi connectivity index (χ1n) is 6.94. The second-order valence-electron chi connectivity index (χ2n) is 5.91. The molecule has 0 atom stereocenters. The number of aromatic amines is 1. The van der Waals surface area contributed by atoms with Crippen LogP contribution in [0.5, 0.6) is 0 Å². The molecule has 0 aliphatic heterocycles. The number of primary amides is 1. The summed E-state index contributed by atoms with van der Waals surface area (Å²) >= 11 is 6.89. The maximum absolute atomic E-state index is 12.9. The van der Waals surface area contributed by atoms with Crippen LogP contribution in [0.2, 0.25) is 0 Å². The van der Waals surface area contributed by atoms with Crippen molar-refractivity contribution < 1.29 is 4.79 Å². The number of aromatic nitrogens is 2. The maximum atomic E-state index is 12.9. The molecule has 2 heterocycles. The number of carbonyl (C=O) groups is 1. The predicted octanol–water partition coefficient (Wildman–Crippen LogP) is 2.22. The molecule has 3 rings (SSSR count). The molecular weight excluding hydrogens is 306 g/mol. The van der Waals surface area contributed by atoms with Crippen LogP contribution in [0.15, 0.2) is 4.79 Å². The van der Waals surface area contributed by atoms with Crippen molar-refractivity contribution in [1.82, 2.24) is 9.55 Å². The summed E-state index contributed by atoms with van der Waals surface area (Å²) in [5.41, 5.74) is 5.20. The van der Waals surface area contributed by atoms with Gasteiger partial charge in [-0.3, -0.25) is 14.2 Å². The van der Waals surface area contributed by atoms with Crippen LogP contribution in [-0.2, 0) is 23.2 Å². The highest BCUT2D eigenvalue weighted by Gasteiger charge is 2.31. The van der Waals surface area contributed by atoms with E-state index < -0.39 is 11.4 Å². The summed E-state index contributed by atoms with van der Waals surface area (Å²) in [4.78, 5) is 29.8. The van der Waals surface area contributed by atoms with E-state index in [-0.39, 0.29) is 10.3 Å². The Kier molecular flexibility index (Phi) is 3.29. The van der Waals surface area contributed by atoms with E-state index in [1.54, 1.807) is 25.2 Å². The SMILES string of the molecule is CC(C)(C(N)=O)n1c(=S)[nH]c2sc3c(c2c1=O)CCCC3. The first kappa shape index (κ1) is 14.5. The van der Waals surface area contributed by atoms with Crippen LogP contribution in [0.1, 0.15) is 37.1 Å². The number of hydrogen-bond acceptors (Lipinski definition) is 4. The normalized spacial score (nSPS) is 15.1.